The molecule has 1 atom stereocenters. The first-order valence-corrected chi connectivity index (χ1v) is 8.00. The number of piperidine rings is 1. The van der Waals surface area contributed by atoms with Crippen LogP contribution >= 0.6 is 0 Å². The van der Waals surface area contributed by atoms with Gasteiger partial charge in [-0.15, -0.1) is 0 Å². The van der Waals surface area contributed by atoms with Crippen molar-refractivity contribution in [1.29, 1.82) is 5.26 Å². The van der Waals surface area contributed by atoms with Gasteiger partial charge in [-0.3, -0.25) is 4.90 Å². The van der Waals surface area contributed by atoms with Crippen molar-refractivity contribution in [2.24, 2.45) is 0 Å². The Morgan fingerprint density at radius 3 is 2.57 bits per heavy atom. The van der Waals surface area contributed by atoms with Crippen molar-refractivity contribution in [3.63, 3.8) is 0 Å². The zero-order chi connectivity index (χ0) is 15.5. The van der Waals surface area contributed by atoms with Gasteiger partial charge < -0.3 is 10.1 Å². The number of carbonyl (C=O) groups excluding carboxylic acids is 1. The van der Waals surface area contributed by atoms with Crippen LogP contribution in [0.1, 0.15) is 59.3 Å². The maximum absolute atomic E-state index is 11.9. The van der Waals surface area contributed by atoms with Gasteiger partial charge in [-0.1, -0.05) is 12.8 Å². The van der Waals surface area contributed by atoms with E-state index in [0.29, 0.717) is 0 Å². The first kappa shape index (κ1) is 16.1. The van der Waals surface area contributed by atoms with E-state index in [-0.39, 0.29) is 17.7 Å². The number of carbonyl (C=O) groups is 1. The van der Waals surface area contributed by atoms with Crippen LogP contribution in [0.2, 0.25) is 0 Å². The van der Waals surface area contributed by atoms with Gasteiger partial charge in [0, 0.05) is 12.6 Å². The van der Waals surface area contributed by atoms with Crippen LogP contribution in [0, 0.1) is 11.3 Å². The van der Waals surface area contributed by atoms with Gasteiger partial charge in [0.25, 0.3) is 0 Å². The molecule has 0 aromatic carbocycles. The lowest BCUT2D eigenvalue weighted by Crippen LogP contribution is -2.56. The van der Waals surface area contributed by atoms with E-state index in [1.54, 1.807) is 0 Å². The molecule has 118 valence electrons. The molecule has 0 unspecified atom stereocenters. The molecule has 0 bridgehead atoms. The second-order valence-electron chi connectivity index (χ2n) is 7.28. The topological polar surface area (TPSA) is 65.4 Å². The number of nitrogens with one attached hydrogen (secondary N) is 1. The molecule has 21 heavy (non-hydrogen) atoms. The Hall–Kier alpha value is -1.28. The highest BCUT2D eigenvalue weighted by Gasteiger charge is 2.42. The normalized spacial score (nSPS) is 26.1. The molecule has 5 heteroatoms. The number of ether oxygens (including phenoxy) is 1. The van der Waals surface area contributed by atoms with Crippen molar-refractivity contribution in [1.82, 2.24) is 10.2 Å². The van der Waals surface area contributed by atoms with Crippen molar-refractivity contribution in [3.8, 4) is 6.07 Å². The largest absolute Gasteiger partial charge is 0.444 e. The molecule has 2 rings (SSSR count). The molecule has 0 aromatic heterocycles. The fourth-order valence-corrected chi connectivity index (χ4v) is 3.42. The second-order valence-corrected chi connectivity index (χ2v) is 7.28. The van der Waals surface area contributed by atoms with Crippen LogP contribution < -0.4 is 5.32 Å². The minimum atomic E-state index is -0.474. The van der Waals surface area contributed by atoms with Crippen molar-refractivity contribution in [2.45, 2.75) is 76.5 Å². The summed E-state index contributed by atoms with van der Waals surface area (Å²) < 4.78 is 5.32. The van der Waals surface area contributed by atoms with Crippen LogP contribution in [-0.4, -0.2) is 41.3 Å². The van der Waals surface area contributed by atoms with Gasteiger partial charge in [0.1, 0.15) is 11.1 Å². The lowest BCUT2D eigenvalue weighted by Gasteiger charge is -2.41. The number of likely N-dealkylation sites (tertiary alicyclic amines) is 1. The highest BCUT2D eigenvalue weighted by atomic mass is 16.6. The predicted molar refractivity (Wildman–Crippen MR) is 80.8 cm³/mol. The van der Waals surface area contributed by atoms with E-state index in [0.717, 1.165) is 51.6 Å². The number of nitriles is 1. The van der Waals surface area contributed by atoms with Gasteiger partial charge in [-0.25, -0.2) is 4.79 Å². The molecule has 2 aliphatic rings. The Morgan fingerprint density at radius 2 is 2.00 bits per heavy atom. The zero-order valence-electron chi connectivity index (χ0n) is 13.4. The van der Waals surface area contributed by atoms with E-state index >= 15 is 0 Å². The molecule has 0 radical (unpaired) electrons. The summed E-state index contributed by atoms with van der Waals surface area (Å²) in [6.07, 6.45) is 5.81. The van der Waals surface area contributed by atoms with E-state index < -0.39 is 5.60 Å². The Balaban J connectivity index is 1.92. The molecule has 0 spiro atoms. The average Bonchev–Trinajstić information content (AvgIpc) is 2.86. The quantitative estimate of drug-likeness (QED) is 0.850. The Morgan fingerprint density at radius 1 is 1.33 bits per heavy atom. The smallest absolute Gasteiger partial charge is 0.407 e. The van der Waals surface area contributed by atoms with E-state index in [4.69, 9.17) is 4.74 Å². The summed E-state index contributed by atoms with van der Waals surface area (Å²) in [5.74, 6) is 0. The lowest BCUT2D eigenvalue weighted by molar-refractivity contribution is 0.0423. The van der Waals surface area contributed by atoms with Crippen LogP contribution in [0.4, 0.5) is 4.79 Å². The summed E-state index contributed by atoms with van der Waals surface area (Å²) in [5, 5.41) is 12.5. The zero-order valence-corrected chi connectivity index (χ0v) is 13.4. The molecule has 1 heterocycles. The van der Waals surface area contributed by atoms with Gasteiger partial charge in [-0.2, -0.15) is 5.26 Å². The highest BCUT2D eigenvalue weighted by molar-refractivity contribution is 5.68. The van der Waals surface area contributed by atoms with Gasteiger partial charge in [0.05, 0.1) is 6.07 Å². The van der Waals surface area contributed by atoms with E-state index in [2.05, 4.69) is 16.3 Å². The van der Waals surface area contributed by atoms with Gasteiger partial charge in [0.15, 0.2) is 0 Å². The Kier molecular flexibility index (Phi) is 4.77. The molecule has 1 saturated carbocycles. The summed E-state index contributed by atoms with van der Waals surface area (Å²) >= 11 is 0. The molecule has 1 saturated heterocycles. The third-order valence-electron chi connectivity index (χ3n) is 4.39. The summed E-state index contributed by atoms with van der Waals surface area (Å²) in [6, 6.07) is 2.62. The summed E-state index contributed by atoms with van der Waals surface area (Å²) in [4.78, 5) is 14.2. The molecule has 1 aliphatic heterocycles. The summed E-state index contributed by atoms with van der Waals surface area (Å²) in [6.45, 7) is 7.31. The maximum atomic E-state index is 11.9. The average molecular weight is 293 g/mol. The number of nitrogens with zero attached hydrogens (tertiary/aromatic N) is 2. The van der Waals surface area contributed by atoms with E-state index in [1.807, 2.05) is 20.8 Å². The third-order valence-corrected chi connectivity index (χ3v) is 4.39. The van der Waals surface area contributed by atoms with Crippen molar-refractivity contribution < 1.29 is 9.53 Å². The lowest BCUT2D eigenvalue weighted by atomic mass is 9.92. The number of rotatable bonds is 2. The van der Waals surface area contributed by atoms with E-state index in [9.17, 15) is 10.1 Å². The summed E-state index contributed by atoms with van der Waals surface area (Å²) in [7, 11) is 0. The maximum Gasteiger partial charge on any atom is 0.407 e. The van der Waals surface area contributed by atoms with Gasteiger partial charge in [0.2, 0.25) is 0 Å². The summed E-state index contributed by atoms with van der Waals surface area (Å²) in [5.41, 5.74) is -0.772. The fourth-order valence-electron chi connectivity index (χ4n) is 3.42. The second kappa shape index (κ2) is 6.23. The number of amides is 1. The molecular weight excluding hydrogens is 266 g/mol. The third kappa shape index (κ3) is 4.10. The van der Waals surface area contributed by atoms with Gasteiger partial charge >= 0.3 is 6.09 Å². The minimum absolute atomic E-state index is 0.0828. The van der Waals surface area contributed by atoms with Crippen molar-refractivity contribution in [2.75, 3.05) is 13.1 Å². The fraction of sp³-hybridized carbons (Fsp3) is 0.875. The molecule has 1 amide bonds. The van der Waals surface area contributed by atoms with Crippen LogP contribution in [0.25, 0.3) is 0 Å². The first-order chi connectivity index (χ1) is 9.85. The molecular formula is C16H27N3O2. The molecule has 2 fully saturated rings. The van der Waals surface area contributed by atoms with E-state index in [1.165, 1.54) is 0 Å². The molecule has 1 aliphatic carbocycles. The molecule has 1 N–H and O–H groups in total. The van der Waals surface area contributed by atoms with Crippen molar-refractivity contribution >= 4 is 6.09 Å². The molecule has 0 aromatic rings. The monoisotopic (exact) mass is 293 g/mol. The molecule has 5 nitrogen and oxygen atoms in total. The van der Waals surface area contributed by atoms with Crippen LogP contribution in [0.15, 0.2) is 0 Å². The number of hydrogen-bond donors (Lipinski definition) is 1. The van der Waals surface area contributed by atoms with Crippen molar-refractivity contribution in [3.05, 3.63) is 0 Å². The van der Waals surface area contributed by atoms with Gasteiger partial charge in [-0.05, 0) is 53.0 Å². The minimum Gasteiger partial charge on any atom is -0.444 e. The Bertz CT molecular complexity index is 416. The van der Waals surface area contributed by atoms with Crippen LogP contribution in [-0.2, 0) is 4.74 Å². The predicted octanol–water partition coefficient (Wildman–Crippen LogP) is 2.81. The van der Waals surface area contributed by atoms with Crippen LogP contribution in [0.3, 0.4) is 0 Å². The number of hydrogen-bond acceptors (Lipinski definition) is 4. The SMILES string of the molecule is CC(C)(C)OC(=O)N[C@@H]1CCCN(C2(C#N)CCCC2)C1. The number of alkyl carbamates (subject to hydrolysis) is 1. The first-order valence-electron chi connectivity index (χ1n) is 8.00. The Labute approximate surface area is 127 Å². The van der Waals surface area contributed by atoms with Crippen LogP contribution in [0.5, 0.6) is 0 Å². The standard InChI is InChI=1S/C16H27N3O2/c1-15(2,3)21-14(20)18-13-7-6-10-19(11-13)16(12-17)8-4-5-9-16/h13H,4-11H2,1-3H3,(H,18,20)/t13-/m1/s1. The highest BCUT2D eigenvalue weighted by Crippen LogP contribution is 2.36.